The smallest absolute Gasteiger partial charge is 0.410 e. The molecule has 3 rings (SSSR count). The number of nitrogens with one attached hydrogen (secondary N) is 2. The minimum absolute atomic E-state index is 0.204. The van der Waals surface area contributed by atoms with Crippen molar-refractivity contribution in [2.75, 3.05) is 31.5 Å². The van der Waals surface area contributed by atoms with Gasteiger partial charge in [0.05, 0.1) is 12.6 Å². The molecule has 2 saturated heterocycles. The van der Waals surface area contributed by atoms with Crippen LogP contribution in [-0.4, -0.2) is 63.7 Å². The lowest BCUT2D eigenvalue weighted by Gasteiger charge is -2.47. The van der Waals surface area contributed by atoms with Crippen molar-refractivity contribution in [3.63, 3.8) is 0 Å². The number of carbonyl (C=O) groups is 2. The second-order valence-corrected chi connectivity index (χ2v) is 7.76. The first kappa shape index (κ1) is 18.8. The number of nitrogens with zero attached hydrogens (tertiary/aromatic N) is 2. The van der Waals surface area contributed by atoms with E-state index in [2.05, 4.69) is 15.6 Å². The van der Waals surface area contributed by atoms with E-state index in [1.54, 1.807) is 6.07 Å². The number of hydrogen-bond donors (Lipinski definition) is 4. The summed E-state index contributed by atoms with van der Waals surface area (Å²) in [6, 6.07) is 3.17. The fourth-order valence-electron chi connectivity index (χ4n) is 3.93. The van der Waals surface area contributed by atoms with Gasteiger partial charge < -0.3 is 15.5 Å². The number of aromatic nitrogens is 1. The zero-order chi connectivity index (χ0) is 18.9. The average Bonchev–Trinajstić information content (AvgIpc) is 3.06. The van der Waals surface area contributed by atoms with Gasteiger partial charge in [0, 0.05) is 35.8 Å². The van der Waals surface area contributed by atoms with Crippen LogP contribution in [0.1, 0.15) is 38.4 Å². The number of Topliss-reactive ketones (excluding diaryl/α,β-unsaturated/α-hetero) is 1. The van der Waals surface area contributed by atoms with E-state index in [9.17, 15) is 14.7 Å². The van der Waals surface area contributed by atoms with E-state index in [1.807, 2.05) is 18.7 Å². The highest BCUT2D eigenvalue weighted by Crippen LogP contribution is 2.39. The Labute approximate surface area is 152 Å². The average molecular weight is 362 g/mol. The maximum atomic E-state index is 12.7. The van der Waals surface area contributed by atoms with E-state index in [0.29, 0.717) is 12.1 Å². The molecule has 0 saturated carbocycles. The van der Waals surface area contributed by atoms with Crippen molar-refractivity contribution in [1.29, 1.82) is 0 Å². The Morgan fingerprint density at radius 3 is 2.73 bits per heavy atom. The van der Waals surface area contributed by atoms with E-state index < -0.39 is 17.7 Å². The van der Waals surface area contributed by atoms with Crippen LogP contribution in [0.2, 0.25) is 0 Å². The van der Waals surface area contributed by atoms with Crippen molar-refractivity contribution in [3.05, 3.63) is 23.9 Å². The van der Waals surface area contributed by atoms with Crippen LogP contribution in [0.15, 0.2) is 18.3 Å². The Balaban J connectivity index is 1.71. The zero-order valence-electron chi connectivity index (χ0n) is 15.2. The first-order valence-corrected chi connectivity index (χ1v) is 8.88. The highest BCUT2D eigenvalue weighted by Gasteiger charge is 2.48. The lowest BCUT2D eigenvalue weighted by Crippen LogP contribution is -2.57. The Morgan fingerprint density at radius 1 is 1.42 bits per heavy atom. The molecule has 4 N–H and O–H groups in total. The van der Waals surface area contributed by atoms with Crippen molar-refractivity contribution in [2.45, 2.75) is 38.3 Å². The molecule has 3 heterocycles. The molecule has 2 unspecified atom stereocenters. The molecule has 1 amide bonds. The third-order valence-electron chi connectivity index (χ3n) is 5.85. The number of aliphatic hydroxyl groups is 1. The summed E-state index contributed by atoms with van der Waals surface area (Å²) in [4.78, 5) is 29.4. The number of anilines is 1. The Bertz CT molecular complexity index is 683. The number of piperidine rings is 1. The second-order valence-electron chi connectivity index (χ2n) is 7.76. The zero-order valence-corrected chi connectivity index (χ0v) is 15.2. The van der Waals surface area contributed by atoms with Gasteiger partial charge in [-0.2, -0.15) is 0 Å². The van der Waals surface area contributed by atoms with E-state index in [1.165, 1.54) is 12.3 Å². The number of carbonyl (C=O) groups excluding carboxylic acids is 1. The van der Waals surface area contributed by atoms with Crippen LogP contribution in [-0.2, 0) is 4.79 Å². The molecular formula is C18H26N4O4. The van der Waals surface area contributed by atoms with Crippen LogP contribution in [0.4, 0.5) is 10.6 Å². The van der Waals surface area contributed by atoms with Gasteiger partial charge in [0.25, 0.3) is 0 Å². The van der Waals surface area contributed by atoms with E-state index in [0.717, 1.165) is 32.5 Å². The molecule has 0 radical (unpaired) electrons. The molecule has 0 bridgehead atoms. The summed E-state index contributed by atoms with van der Waals surface area (Å²) in [5.41, 5.74) is -0.295. The number of aliphatic hydroxyl groups excluding tert-OH is 1. The van der Waals surface area contributed by atoms with Crippen LogP contribution < -0.4 is 10.6 Å². The van der Waals surface area contributed by atoms with Gasteiger partial charge in [-0.1, -0.05) is 6.07 Å². The van der Waals surface area contributed by atoms with E-state index in [-0.39, 0.29) is 17.0 Å². The molecule has 1 spiro atoms. The first-order valence-electron chi connectivity index (χ1n) is 8.88. The van der Waals surface area contributed by atoms with Crippen LogP contribution in [0.5, 0.6) is 0 Å². The third kappa shape index (κ3) is 3.44. The number of hydrogen-bond acceptors (Lipinski definition) is 6. The van der Waals surface area contributed by atoms with Gasteiger partial charge in [0.15, 0.2) is 5.78 Å². The van der Waals surface area contributed by atoms with Crippen molar-refractivity contribution >= 4 is 17.7 Å². The quantitative estimate of drug-likeness (QED) is 0.637. The summed E-state index contributed by atoms with van der Waals surface area (Å²) < 4.78 is 0. The summed E-state index contributed by atoms with van der Waals surface area (Å²) in [6.07, 6.45) is 1.12. The normalized spacial score (nSPS) is 25.4. The maximum Gasteiger partial charge on any atom is 0.410 e. The van der Waals surface area contributed by atoms with Gasteiger partial charge in [-0.05, 0) is 39.3 Å². The second kappa shape index (κ2) is 6.94. The number of amides is 1. The molecule has 2 aliphatic heterocycles. The molecule has 8 heteroatoms. The molecule has 0 aliphatic carbocycles. The molecule has 1 aromatic rings. The topological polar surface area (TPSA) is 115 Å². The van der Waals surface area contributed by atoms with Crippen LogP contribution >= 0.6 is 0 Å². The maximum absolute atomic E-state index is 12.7. The van der Waals surface area contributed by atoms with E-state index in [4.69, 9.17) is 5.11 Å². The summed E-state index contributed by atoms with van der Waals surface area (Å²) in [7, 11) is 0. The van der Waals surface area contributed by atoms with Crippen molar-refractivity contribution in [3.8, 4) is 0 Å². The standard InChI is InChI=1S/C18H26N4O4/c1-17(2,15(24)12-3-4-14(20-9-12)21-16(25)26)22-8-6-18(13(23)10-22)5-7-19-11-18/h3-4,9,15,19,24H,5-8,10-11H2,1-2H3,(H,20,21)(H,25,26). The van der Waals surface area contributed by atoms with Crippen molar-refractivity contribution in [1.82, 2.24) is 15.2 Å². The molecule has 26 heavy (non-hydrogen) atoms. The molecule has 0 aromatic carbocycles. The van der Waals surface area contributed by atoms with Crippen molar-refractivity contribution in [2.24, 2.45) is 5.41 Å². The van der Waals surface area contributed by atoms with Gasteiger partial charge in [-0.15, -0.1) is 0 Å². The Hall–Kier alpha value is -2.03. The highest BCUT2D eigenvalue weighted by atomic mass is 16.4. The Kier molecular flexibility index (Phi) is 5.01. The monoisotopic (exact) mass is 362 g/mol. The predicted molar refractivity (Wildman–Crippen MR) is 96.0 cm³/mol. The summed E-state index contributed by atoms with van der Waals surface area (Å²) in [5.74, 6) is 0.447. The third-order valence-corrected chi connectivity index (χ3v) is 5.85. The lowest BCUT2D eigenvalue weighted by molar-refractivity contribution is -0.138. The lowest BCUT2D eigenvalue weighted by atomic mass is 9.75. The molecule has 2 aliphatic rings. The number of likely N-dealkylation sites (tertiary alicyclic amines) is 1. The van der Waals surface area contributed by atoms with Crippen molar-refractivity contribution < 1.29 is 19.8 Å². The van der Waals surface area contributed by atoms with Gasteiger partial charge >= 0.3 is 6.09 Å². The Morgan fingerprint density at radius 2 is 2.19 bits per heavy atom. The number of rotatable bonds is 4. The largest absolute Gasteiger partial charge is 0.465 e. The SMILES string of the molecule is CC(C)(C(O)c1ccc(NC(=O)O)nc1)N1CCC2(CCNC2)C(=O)C1. The minimum atomic E-state index is -1.19. The van der Waals surface area contributed by atoms with Crippen LogP contribution in [0.25, 0.3) is 0 Å². The first-order chi connectivity index (χ1) is 12.2. The highest BCUT2D eigenvalue weighted by molar-refractivity contribution is 5.88. The molecule has 142 valence electrons. The van der Waals surface area contributed by atoms with E-state index >= 15 is 0 Å². The van der Waals surface area contributed by atoms with Gasteiger partial charge in [-0.25, -0.2) is 9.78 Å². The fourth-order valence-corrected chi connectivity index (χ4v) is 3.93. The molecular weight excluding hydrogens is 336 g/mol. The van der Waals surface area contributed by atoms with Gasteiger partial charge in [-0.3, -0.25) is 15.0 Å². The van der Waals surface area contributed by atoms with Crippen LogP contribution in [0, 0.1) is 5.41 Å². The minimum Gasteiger partial charge on any atom is -0.465 e. The molecule has 2 fully saturated rings. The summed E-state index contributed by atoms with van der Waals surface area (Å²) >= 11 is 0. The van der Waals surface area contributed by atoms with Gasteiger partial charge in [0.1, 0.15) is 5.82 Å². The predicted octanol–water partition coefficient (Wildman–Crippen LogP) is 1.24. The number of pyridine rings is 1. The van der Waals surface area contributed by atoms with Crippen LogP contribution in [0.3, 0.4) is 0 Å². The summed E-state index contributed by atoms with van der Waals surface area (Å²) in [5, 5.41) is 25.0. The summed E-state index contributed by atoms with van der Waals surface area (Å²) in [6.45, 7) is 6.56. The number of carboxylic acid groups (broad SMARTS) is 1. The number of ketones is 1. The molecule has 2 atom stereocenters. The molecule has 1 aromatic heterocycles. The van der Waals surface area contributed by atoms with Gasteiger partial charge in [0.2, 0.25) is 0 Å². The fraction of sp³-hybridized carbons (Fsp3) is 0.611. The molecule has 8 nitrogen and oxygen atoms in total.